The number of hydrogen-bond donors (Lipinski definition) is 0. The molecular formula is C36H21NOS. The van der Waals surface area contributed by atoms with Gasteiger partial charge in [-0.25, -0.2) is 0 Å². The molecule has 3 aromatic heterocycles. The molecular weight excluding hydrogens is 494 g/mol. The largest absolute Gasteiger partial charge is 0.454 e. The number of hydrogen-bond acceptors (Lipinski definition) is 2. The van der Waals surface area contributed by atoms with Crippen LogP contribution in [0.25, 0.3) is 80.7 Å². The Balaban J connectivity index is 1.28. The van der Waals surface area contributed by atoms with Crippen molar-refractivity contribution < 1.29 is 4.42 Å². The van der Waals surface area contributed by atoms with Crippen LogP contribution in [0.5, 0.6) is 0 Å². The van der Waals surface area contributed by atoms with Gasteiger partial charge in [-0.2, -0.15) is 0 Å². The van der Waals surface area contributed by atoms with E-state index >= 15 is 0 Å². The fraction of sp³-hybridized carbons (Fsp3) is 0. The van der Waals surface area contributed by atoms with E-state index in [0.717, 1.165) is 38.7 Å². The van der Waals surface area contributed by atoms with Crippen molar-refractivity contribution >= 4 is 75.3 Å². The van der Waals surface area contributed by atoms with Crippen LogP contribution in [0.3, 0.4) is 0 Å². The van der Waals surface area contributed by atoms with Crippen LogP contribution in [-0.4, -0.2) is 4.57 Å². The summed E-state index contributed by atoms with van der Waals surface area (Å²) in [5.74, 6) is 0. The number of para-hydroxylation sites is 2. The topological polar surface area (TPSA) is 18.1 Å². The van der Waals surface area contributed by atoms with Gasteiger partial charge in [0.1, 0.15) is 11.1 Å². The first-order valence-electron chi connectivity index (χ1n) is 13.2. The molecule has 3 heteroatoms. The van der Waals surface area contributed by atoms with Gasteiger partial charge in [-0.05, 0) is 76.5 Å². The minimum Gasteiger partial charge on any atom is -0.454 e. The van der Waals surface area contributed by atoms with Crippen LogP contribution in [0.4, 0.5) is 0 Å². The van der Waals surface area contributed by atoms with Crippen molar-refractivity contribution in [2.45, 2.75) is 0 Å². The summed E-state index contributed by atoms with van der Waals surface area (Å²) in [6.45, 7) is 0. The molecule has 0 aliphatic rings. The summed E-state index contributed by atoms with van der Waals surface area (Å²) in [6, 6.07) is 45.8. The Morgan fingerprint density at radius 3 is 2.13 bits per heavy atom. The fourth-order valence-corrected chi connectivity index (χ4v) is 7.31. The van der Waals surface area contributed by atoms with Crippen molar-refractivity contribution in [2.75, 3.05) is 0 Å². The van der Waals surface area contributed by atoms with E-state index in [2.05, 4.69) is 132 Å². The summed E-state index contributed by atoms with van der Waals surface area (Å²) in [5, 5.41) is 7.50. The molecule has 6 aromatic carbocycles. The SMILES string of the molecule is c1ccc(-n2c3ccccc3c3oc4ccc(-c5ccc6c(c5)sc5cc7ccccc7cc56)cc4c32)cc1. The number of thiophene rings is 1. The van der Waals surface area contributed by atoms with Crippen LogP contribution in [0.1, 0.15) is 0 Å². The molecule has 0 aliphatic heterocycles. The second-order valence-corrected chi connectivity index (χ2v) is 11.3. The summed E-state index contributed by atoms with van der Waals surface area (Å²) in [7, 11) is 0. The van der Waals surface area contributed by atoms with Crippen molar-refractivity contribution in [3.05, 3.63) is 127 Å². The zero-order valence-corrected chi connectivity index (χ0v) is 21.7. The van der Waals surface area contributed by atoms with Gasteiger partial charge in [0.05, 0.1) is 5.52 Å². The summed E-state index contributed by atoms with van der Waals surface area (Å²) >= 11 is 1.87. The van der Waals surface area contributed by atoms with Gasteiger partial charge in [0, 0.05) is 36.6 Å². The second kappa shape index (κ2) is 7.83. The van der Waals surface area contributed by atoms with E-state index in [4.69, 9.17) is 4.42 Å². The van der Waals surface area contributed by atoms with E-state index in [9.17, 15) is 0 Å². The van der Waals surface area contributed by atoms with E-state index in [0.29, 0.717) is 0 Å². The molecule has 0 amide bonds. The van der Waals surface area contributed by atoms with E-state index in [1.165, 1.54) is 42.1 Å². The molecule has 2 nitrogen and oxygen atoms in total. The normalized spacial score (nSPS) is 12.1. The highest BCUT2D eigenvalue weighted by molar-refractivity contribution is 7.25. The predicted molar refractivity (Wildman–Crippen MR) is 166 cm³/mol. The standard InChI is InChI=1S/C36H21NOS/c1-2-10-26(11-3-1)37-31-13-7-6-12-28(31)36-35(37)30-19-24(15-17-32(30)38-36)25-14-16-27-29-18-22-8-4-5-9-23(22)20-34(29)39-33(27)21-25/h1-21H. The molecule has 0 spiro atoms. The smallest absolute Gasteiger partial charge is 0.161 e. The molecule has 182 valence electrons. The molecule has 0 aliphatic carbocycles. The van der Waals surface area contributed by atoms with Gasteiger partial charge < -0.3 is 8.98 Å². The molecule has 39 heavy (non-hydrogen) atoms. The number of furan rings is 1. The molecule has 0 bridgehead atoms. The lowest BCUT2D eigenvalue weighted by Gasteiger charge is -2.08. The molecule has 0 saturated carbocycles. The first-order valence-corrected chi connectivity index (χ1v) is 14.0. The fourth-order valence-electron chi connectivity index (χ4n) is 6.14. The van der Waals surface area contributed by atoms with Crippen molar-refractivity contribution in [2.24, 2.45) is 0 Å². The second-order valence-electron chi connectivity index (χ2n) is 10.2. The number of nitrogens with zero attached hydrogens (tertiary/aromatic N) is 1. The summed E-state index contributed by atoms with van der Waals surface area (Å²) in [5.41, 5.74) is 7.67. The van der Waals surface area contributed by atoms with Crippen LogP contribution < -0.4 is 0 Å². The molecule has 3 heterocycles. The summed E-state index contributed by atoms with van der Waals surface area (Å²) in [4.78, 5) is 0. The van der Waals surface area contributed by atoms with Crippen molar-refractivity contribution in [1.82, 2.24) is 4.57 Å². The molecule has 0 unspecified atom stereocenters. The molecule has 0 fully saturated rings. The van der Waals surface area contributed by atoms with Crippen molar-refractivity contribution in [3.8, 4) is 16.8 Å². The van der Waals surface area contributed by atoms with Crippen LogP contribution >= 0.6 is 11.3 Å². The van der Waals surface area contributed by atoms with Crippen LogP contribution in [-0.2, 0) is 0 Å². The minimum atomic E-state index is 0.911. The average molecular weight is 516 g/mol. The third-order valence-electron chi connectivity index (χ3n) is 7.96. The van der Waals surface area contributed by atoms with Crippen molar-refractivity contribution in [3.63, 3.8) is 0 Å². The van der Waals surface area contributed by atoms with E-state index in [-0.39, 0.29) is 0 Å². The molecule has 0 radical (unpaired) electrons. The Morgan fingerprint density at radius 1 is 0.513 bits per heavy atom. The number of fused-ring (bicyclic) bond motifs is 9. The monoisotopic (exact) mass is 515 g/mol. The minimum absolute atomic E-state index is 0.911. The highest BCUT2D eigenvalue weighted by Gasteiger charge is 2.19. The Morgan fingerprint density at radius 2 is 1.23 bits per heavy atom. The maximum atomic E-state index is 6.49. The van der Waals surface area contributed by atoms with Gasteiger partial charge in [-0.1, -0.05) is 72.8 Å². The molecule has 0 atom stereocenters. The van der Waals surface area contributed by atoms with Gasteiger partial charge in [-0.15, -0.1) is 11.3 Å². The Labute approximate surface area is 227 Å². The molecule has 0 saturated heterocycles. The molecule has 9 aromatic rings. The zero-order valence-electron chi connectivity index (χ0n) is 20.9. The van der Waals surface area contributed by atoms with E-state index in [1.807, 2.05) is 11.3 Å². The van der Waals surface area contributed by atoms with Gasteiger partial charge in [-0.3, -0.25) is 0 Å². The number of aromatic nitrogens is 1. The third-order valence-corrected chi connectivity index (χ3v) is 9.08. The molecule has 9 rings (SSSR count). The lowest BCUT2D eigenvalue weighted by atomic mass is 10.0. The van der Waals surface area contributed by atoms with E-state index < -0.39 is 0 Å². The predicted octanol–water partition coefficient (Wildman–Crippen LogP) is 10.7. The number of benzene rings is 6. The first kappa shape index (κ1) is 21.1. The van der Waals surface area contributed by atoms with Gasteiger partial charge in [0.25, 0.3) is 0 Å². The average Bonchev–Trinajstić information content (AvgIpc) is 3.64. The third kappa shape index (κ3) is 3.02. The molecule has 0 N–H and O–H groups in total. The highest BCUT2D eigenvalue weighted by Crippen LogP contribution is 2.42. The van der Waals surface area contributed by atoms with Crippen LogP contribution in [0.15, 0.2) is 132 Å². The lowest BCUT2D eigenvalue weighted by Crippen LogP contribution is -1.92. The van der Waals surface area contributed by atoms with Crippen molar-refractivity contribution in [1.29, 1.82) is 0 Å². The van der Waals surface area contributed by atoms with Gasteiger partial charge in [0.15, 0.2) is 5.58 Å². The summed E-state index contributed by atoms with van der Waals surface area (Å²) in [6.07, 6.45) is 0. The maximum Gasteiger partial charge on any atom is 0.161 e. The Bertz CT molecular complexity index is 2390. The highest BCUT2D eigenvalue weighted by atomic mass is 32.1. The van der Waals surface area contributed by atoms with Gasteiger partial charge >= 0.3 is 0 Å². The Kier molecular flexibility index (Phi) is 4.24. The maximum absolute atomic E-state index is 6.49. The van der Waals surface area contributed by atoms with Gasteiger partial charge in [0.2, 0.25) is 0 Å². The van der Waals surface area contributed by atoms with E-state index in [1.54, 1.807) is 0 Å². The first-order chi connectivity index (χ1) is 19.3. The quantitative estimate of drug-likeness (QED) is 0.224. The zero-order chi connectivity index (χ0) is 25.5. The number of rotatable bonds is 2. The van der Waals surface area contributed by atoms with Crippen LogP contribution in [0.2, 0.25) is 0 Å². The summed E-state index contributed by atoms with van der Waals surface area (Å²) < 4.78 is 11.5. The van der Waals surface area contributed by atoms with Crippen LogP contribution in [0, 0.1) is 0 Å². The Hall–Kier alpha value is -4.86. The lowest BCUT2D eigenvalue weighted by molar-refractivity contribution is 0.673.